The van der Waals surface area contributed by atoms with E-state index in [-0.39, 0.29) is 0 Å². The van der Waals surface area contributed by atoms with Crippen molar-refractivity contribution in [2.45, 2.75) is 51.9 Å². The predicted molar refractivity (Wildman–Crippen MR) is 103 cm³/mol. The maximum Gasteiger partial charge on any atom is 0.0394 e. The minimum Gasteiger partial charge on any atom is -0.398 e. The number of fused-ring (bicyclic) bond motifs is 2. The molecule has 3 rings (SSSR count). The summed E-state index contributed by atoms with van der Waals surface area (Å²) in [6.07, 6.45) is 9.19. The first kappa shape index (κ1) is 15.9. The van der Waals surface area contributed by atoms with Crippen LogP contribution in [0.15, 0.2) is 48.5 Å². The van der Waals surface area contributed by atoms with Gasteiger partial charge in [0, 0.05) is 11.1 Å². The number of aryl methyl sites for hydroxylation is 1. The molecule has 0 saturated heterocycles. The third-order valence-electron chi connectivity index (χ3n) is 4.81. The Labute approximate surface area is 139 Å². The van der Waals surface area contributed by atoms with E-state index in [2.05, 4.69) is 55.5 Å². The van der Waals surface area contributed by atoms with Crippen LogP contribution in [0.25, 0.3) is 21.5 Å². The lowest BCUT2D eigenvalue weighted by Crippen LogP contribution is -1.93. The second-order valence-corrected chi connectivity index (χ2v) is 6.58. The lowest BCUT2D eigenvalue weighted by Gasteiger charge is -2.11. The van der Waals surface area contributed by atoms with Crippen LogP contribution in [-0.4, -0.2) is 0 Å². The topological polar surface area (TPSA) is 26.0 Å². The molecule has 120 valence electrons. The van der Waals surface area contributed by atoms with Crippen LogP contribution in [0, 0.1) is 0 Å². The van der Waals surface area contributed by atoms with Gasteiger partial charge in [0.1, 0.15) is 0 Å². The number of hydrogen-bond acceptors (Lipinski definition) is 1. The molecule has 0 spiro atoms. The van der Waals surface area contributed by atoms with Crippen LogP contribution >= 0.6 is 0 Å². The molecule has 3 aromatic carbocycles. The average molecular weight is 305 g/mol. The number of unbranched alkanes of at least 4 members (excludes halogenated alkanes) is 5. The first-order valence-corrected chi connectivity index (χ1v) is 8.99. The molecule has 0 unspecified atom stereocenters. The second-order valence-electron chi connectivity index (χ2n) is 6.58. The summed E-state index contributed by atoms with van der Waals surface area (Å²) in [4.78, 5) is 0. The van der Waals surface area contributed by atoms with Gasteiger partial charge in [-0.05, 0) is 52.8 Å². The minimum absolute atomic E-state index is 0.887. The maximum atomic E-state index is 6.23. The summed E-state index contributed by atoms with van der Waals surface area (Å²) in [7, 11) is 0. The van der Waals surface area contributed by atoms with Crippen LogP contribution in [0.3, 0.4) is 0 Å². The van der Waals surface area contributed by atoms with Crippen molar-refractivity contribution < 1.29 is 0 Å². The molecule has 1 heteroatoms. The SMILES string of the molecule is CCCCCCCCc1ccc(N)c2cc3ccccc3cc12. The molecule has 0 aromatic heterocycles. The van der Waals surface area contributed by atoms with Crippen molar-refractivity contribution in [2.24, 2.45) is 0 Å². The summed E-state index contributed by atoms with van der Waals surface area (Å²) in [5.41, 5.74) is 8.55. The van der Waals surface area contributed by atoms with Crippen LogP contribution < -0.4 is 5.73 Å². The van der Waals surface area contributed by atoms with Gasteiger partial charge in [-0.2, -0.15) is 0 Å². The van der Waals surface area contributed by atoms with Gasteiger partial charge in [0.25, 0.3) is 0 Å². The molecule has 3 aromatic rings. The van der Waals surface area contributed by atoms with Gasteiger partial charge in [-0.3, -0.25) is 0 Å². The Morgan fingerprint density at radius 2 is 1.39 bits per heavy atom. The maximum absolute atomic E-state index is 6.23. The Bertz CT molecular complexity index is 788. The molecular formula is C22H27N. The van der Waals surface area contributed by atoms with Gasteiger partial charge < -0.3 is 5.73 Å². The lowest BCUT2D eigenvalue weighted by atomic mass is 9.95. The summed E-state index contributed by atoms with van der Waals surface area (Å²) >= 11 is 0. The summed E-state index contributed by atoms with van der Waals surface area (Å²) < 4.78 is 0. The van der Waals surface area contributed by atoms with E-state index in [1.54, 1.807) is 0 Å². The van der Waals surface area contributed by atoms with E-state index < -0.39 is 0 Å². The van der Waals surface area contributed by atoms with Gasteiger partial charge in [-0.25, -0.2) is 0 Å². The normalized spacial score (nSPS) is 11.3. The van der Waals surface area contributed by atoms with Crippen LogP contribution in [0.5, 0.6) is 0 Å². The standard InChI is InChI=1S/C22H27N/c1-2-3-4-5-6-7-10-17-13-14-22(23)21-16-19-12-9-8-11-18(19)15-20(17)21/h8-9,11-16H,2-7,10,23H2,1H3. The fourth-order valence-corrected chi connectivity index (χ4v) is 3.43. The van der Waals surface area contributed by atoms with Crippen molar-refractivity contribution in [3.8, 4) is 0 Å². The fourth-order valence-electron chi connectivity index (χ4n) is 3.43. The van der Waals surface area contributed by atoms with Crippen molar-refractivity contribution in [2.75, 3.05) is 5.73 Å². The van der Waals surface area contributed by atoms with Crippen molar-refractivity contribution in [3.63, 3.8) is 0 Å². The third kappa shape index (κ3) is 3.67. The van der Waals surface area contributed by atoms with Gasteiger partial charge in [0.2, 0.25) is 0 Å². The first-order chi connectivity index (χ1) is 11.3. The molecule has 0 bridgehead atoms. The average Bonchev–Trinajstić information content (AvgIpc) is 2.58. The highest BCUT2D eigenvalue weighted by atomic mass is 14.5. The van der Waals surface area contributed by atoms with E-state index in [9.17, 15) is 0 Å². The molecule has 0 atom stereocenters. The van der Waals surface area contributed by atoms with E-state index in [1.807, 2.05) is 0 Å². The molecule has 2 N–H and O–H groups in total. The zero-order valence-electron chi connectivity index (χ0n) is 14.1. The number of nitrogens with two attached hydrogens (primary N) is 1. The molecule has 0 fully saturated rings. The van der Waals surface area contributed by atoms with Gasteiger partial charge in [-0.1, -0.05) is 69.4 Å². The predicted octanol–water partition coefficient (Wildman–Crippen LogP) is 6.48. The Morgan fingerprint density at radius 3 is 2.13 bits per heavy atom. The number of anilines is 1. The smallest absolute Gasteiger partial charge is 0.0394 e. The van der Waals surface area contributed by atoms with E-state index in [0.29, 0.717) is 0 Å². The lowest BCUT2D eigenvalue weighted by molar-refractivity contribution is 0.608. The number of rotatable bonds is 7. The van der Waals surface area contributed by atoms with Gasteiger partial charge in [0.15, 0.2) is 0 Å². The zero-order chi connectivity index (χ0) is 16.1. The Hall–Kier alpha value is -2.02. The Morgan fingerprint density at radius 1 is 0.739 bits per heavy atom. The highest BCUT2D eigenvalue weighted by molar-refractivity contribution is 6.04. The summed E-state index contributed by atoms with van der Waals surface area (Å²) in [6, 6.07) is 17.4. The summed E-state index contributed by atoms with van der Waals surface area (Å²) in [5.74, 6) is 0. The number of benzene rings is 3. The summed E-state index contributed by atoms with van der Waals surface area (Å²) in [5, 5.41) is 5.10. The van der Waals surface area contributed by atoms with E-state index >= 15 is 0 Å². The van der Waals surface area contributed by atoms with Crippen LogP contribution in [0.2, 0.25) is 0 Å². The van der Waals surface area contributed by atoms with Crippen molar-refractivity contribution >= 4 is 27.2 Å². The van der Waals surface area contributed by atoms with Crippen molar-refractivity contribution in [1.29, 1.82) is 0 Å². The molecule has 23 heavy (non-hydrogen) atoms. The van der Waals surface area contributed by atoms with E-state index in [4.69, 9.17) is 5.73 Å². The van der Waals surface area contributed by atoms with Crippen molar-refractivity contribution in [3.05, 3.63) is 54.1 Å². The molecular weight excluding hydrogens is 278 g/mol. The highest BCUT2D eigenvalue weighted by Crippen LogP contribution is 2.30. The van der Waals surface area contributed by atoms with Gasteiger partial charge in [0.05, 0.1) is 0 Å². The first-order valence-electron chi connectivity index (χ1n) is 8.99. The van der Waals surface area contributed by atoms with Gasteiger partial charge >= 0.3 is 0 Å². The monoisotopic (exact) mass is 305 g/mol. The molecule has 1 nitrogen and oxygen atoms in total. The third-order valence-corrected chi connectivity index (χ3v) is 4.81. The number of hydrogen-bond donors (Lipinski definition) is 1. The van der Waals surface area contributed by atoms with Crippen molar-refractivity contribution in [1.82, 2.24) is 0 Å². The van der Waals surface area contributed by atoms with Crippen LogP contribution in [0.4, 0.5) is 5.69 Å². The molecule has 0 radical (unpaired) electrons. The Balaban J connectivity index is 1.82. The molecule has 0 aliphatic rings. The molecule has 0 saturated carbocycles. The largest absolute Gasteiger partial charge is 0.398 e. The Kier molecular flexibility index (Phi) is 5.17. The quantitative estimate of drug-likeness (QED) is 0.302. The summed E-state index contributed by atoms with van der Waals surface area (Å²) in [6.45, 7) is 2.27. The highest BCUT2D eigenvalue weighted by Gasteiger charge is 2.06. The van der Waals surface area contributed by atoms with Gasteiger partial charge in [-0.15, -0.1) is 0 Å². The van der Waals surface area contributed by atoms with E-state index in [0.717, 1.165) is 12.1 Å². The molecule has 0 amide bonds. The van der Waals surface area contributed by atoms with E-state index in [1.165, 1.54) is 65.6 Å². The van der Waals surface area contributed by atoms with Crippen LogP contribution in [-0.2, 0) is 6.42 Å². The molecule has 0 heterocycles. The second kappa shape index (κ2) is 7.50. The number of nitrogen functional groups attached to an aromatic ring is 1. The molecule has 0 aliphatic heterocycles. The van der Waals surface area contributed by atoms with Crippen LogP contribution in [0.1, 0.15) is 51.0 Å². The fraction of sp³-hybridized carbons (Fsp3) is 0.364. The zero-order valence-corrected chi connectivity index (χ0v) is 14.1. The molecule has 0 aliphatic carbocycles. The minimum atomic E-state index is 0.887.